The molecule has 0 aromatic carbocycles. The van der Waals surface area contributed by atoms with Crippen molar-refractivity contribution in [3.05, 3.63) is 47.8 Å². The van der Waals surface area contributed by atoms with Crippen molar-refractivity contribution in [1.29, 1.82) is 0 Å². The molecular weight excluding hydrogens is 364 g/mol. The van der Waals surface area contributed by atoms with Crippen LogP contribution in [-0.4, -0.2) is 46.0 Å². The molecule has 4 rings (SSSR count). The normalized spacial score (nSPS) is 19.7. The lowest BCUT2D eigenvalue weighted by Crippen LogP contribution is -2.27. The highest BCUT2D eigenvalue weighted by atomic mass is 16.2. The van der Waals surface area contributed by atoms with E-state index < -0.39 is 0 Å². The molecule has 0 bridgehead atoms. The number of nitrogens with zero attached hydrogens (tertiary/aromatic N) is 3. The first-order chi connectivity index (χ1) is 14.1. The summed E-state index contributed by atoms with van der Waals surface area (Å²) >= 11 is 0. The van der Waals surface area contributed by atoms with E-state index in [0.717, 1.165) is 45.2 Å². The molecule has 2 aliphatic rings. The Hall–Kier alpha value is -2.63. The molecule has 1 N–H and O–H groups in total. The number of pyridine rings is 1. The summed E-state index contributed by atoms with van der Waals surface area (Å²) in [5.41, 5.74) is 3.02. The summed E-state index contributed by atoms with van der Waals surface area (Å²) in [6.45, 7) is 6.36. The van der Waals surface area contributed by atoms with E-state index in [0.29, 0.717) is 29.2 Å². The van der Waals surface area contributed by atoms with Crippen LogP contribution in [0.5, 0.6) is 0 Å². The Morgan fingerprint density at radius 1 is 1.24 bits per heavy atom. The fourth-order valence-electron chi connectivity index (χ4n) is 4.58. The molecule has 6 nitrogen and oxygen atoms in total. The number of likely N-dealkylation sites (tertiary alicyclic amines) is 1. The van der Waals surface area contributed by atoms with Gasteiger partial charge in [-0.3, -0.25) is 9.59 Å². The average Bonchev–Trinajstić information content (AvgIpc) is 3.40. The minimum atomic E-state index is -0.108. The second-order valence-electron chi connectivity index (χ2n) is 8.39. The summed E-state index contributed by atoms with van der Waals surface area (Å²) in [4.78, 5) is 27.2. The Balaban J connectivity index is 1.37. The molecule has 2 aromatic rings. The maximum atomic E-state index is 12.7. The largest absolute Gasteiger partial charge is 0.352 e. The molecule has 154 valence electrons. The van der Waals surface area contributed by atoms with E-state index in [1.165, 1.54) is 24.8 Å². The van der Waals surface area contributed by atoms with Gasteiger partial charge in [0.25, 0.3) is 11.8 Å². The van der Waals surface area contributed by atoms with Crippen molar-refractivity contribution in [3.8, 4) is 0 Å². The number of aromatic nitrogens is 2. The summed E-state index contributed by atoms with van der Waals surface area (Å²) in [6.07, 6.45) is 10.8. The molecule has 1 saturated carbocycles. The van der Waals surface area contributed by atoms with Crippen LogP contribution in [0.2, 0.25) is 0 Å². The summed E-state index contributed by atoms with van der Waals surface area (Å²) in [7, 11) is 0. The van der Waals surface area contributed by atoms with E-state index >= 15 is 0 Å². The molecule has 1 aliphatic heterocycles. The van der Waals surface area contributed by atoms with Crippen molar-refractivity contribution in [3.63, 3.8) is 0 Å². The topological polar surface area (TPSA) is 66.7 Å². The van der Waals surface area contributed by atoms with Gasteiger partial charge in [-0.2, -0.15) is 5.10 Å². The quantitative estimate of drug-likeness (QED) is 0.598. The predicted octanol–water partition coefficient (Wildman–Crippen LogP) is 3.83. The third kappa shape index (κ3) is 4.52. The molecule has 1 saturated heterocycles. The van der Waals surface area contributed by atoms with E-state index in [9.17, 15) is 9.59 Å². The van der Waals surface area contributed by atoms with Gasteiger partial charge in [0.1, 0.15) is 0 Å². The lowest BCUT2D eigenvalue weighted by Gasteiger charge is -2.23. The highest BCUT2D eigenvalue weighted by Gasteiger charge is 2.23. The third-order valence-corrected chi connectivity index (χ3v) is 6.15. The molecule has 3 heterocycles. The fourth-order valence-corrected chi connectivity index (χ4v) is 4.58. The summed E-state index contributed by atoms with van der Waals surface area (Å²) in [5, 5.41) is 7.44. The van der Waals surface area contributed by atoms with Crippen molar-refractivity contribution in [2.45, 2.75) is 51.4 Å². The van der Waals surface area contributed by atoms with Gasteiger partial charge < -0.3 is 10.2 Å². The second-order valence-corrected chi connectivity index (χ2v) is 8.39. The molecule has 0 spiro atoms. The van der Waals surface area contributed by atoms with Gasteiger partial charge in [-0.05, 0) is 75.5 Å². The standard InChI is InChI=1S/C23H30N4O2/c1-17-7-4-8-18(15-17)9-5-11-24-22(28)19-10-6-14-27-21(19)16-20(25-27)23(29)26-12-2-3-13-26/h6,10,14,16,18H,1-5,7-9,11-13,15H2,(H,24,28). The van der Waals surface area contributed by atoms with Gasteiger partial charge in [-0.1, -0.05) is 12.2 Å². The van der Waals surface area contributed by atoms with Gasteiger partial charge in [0.15, 0.2) is 5.69 Å². The number of carbonyl (C=O) groups excluding carboxylic acids is 2. The summed E-state index contributed by atoms with van der Waals surface area (Å²) < 4.78 is 1.63. The first kappa shape index (κ1) is 19.7. The van der Waals surface area contributed by atoms with Gasteiger partial charge in [-0.25, -0.2) is 4.52 Å². The van der Waals surface area contributed by atoms with Crippen molar-refractivity contribution in [2.75, 3.05) is 19.6 Å². The lowest BCUT2D eigenvalue weighted by molar-refractivity contribution is 0.0786. The van der Waals surface area contributed by atoms with Crippen LogP contribution >= 0.6 is 0 Å². The monoisotopic (exact) mass is 394 g/mol. The third-order valence-electron chi connectivity index (χ3n) is 6.15. The Labute approximate surface area is 172 Å². The molecule has 2 aromatic heterocycles. The van der Waals surface area contributed by atoms with Crippen LogP contribution in [0.3, 0.4) is 0 Å². The van der Waals surface area contributed by atoms with Crippen molar-refractivity contribution < 1.29 is 9.59 Å². The SMILES string of the molecule is C=C1CCCC(CCCNC(=O)c2cccn3nc(C(=O)N4CCCC4)cc23)C1. The lowest BCUT2D eigenvalue weighted by atomic mass is 9.83. The Morgan fingerprint density at radius 2 is 2.07 bits per heavy atom. The first-order valence-electron chi connectivity index (χ1n) is 10.8. The average molecular weight is 395 g/mol. The van der Waals surface area contributed by atoms with Gasteiger partial charge in [-0.15, -0.1) is 0 Å². The Kier molecular flexibility index (Phi) is 5.97. The molecule has 2 fully saturated rings. The van der Waals surface area contributed by atoms with Crippen LogP contribution in [0.1, 0.15) is 72.2 Å². The molecular formula is C23H30N4O2. The molecule has 1 aliphatic carbocycles. The maximum Gasteiger partial charge on any atom is 0.274 e. The minimum Gasteiger partial charge on any atom is -0.352 e. The number of carbonyl (C=O) groups is 2. The van der Waals surface area contributed by atoms with Gasteiger partial charge in [0, 0.05) is 25.8 Å². The van der Waals surface area contributed by atoms with Crippen molar-refractivity contribution in [1.82, 2.24) is 19.8 Å². The number of amides is 2. The van der Waals surface area contributed by atoms with Crippen LogP contribution < -0.4 is 5.32 Å². The minimum absolute atomic E-state index is 0.0494. The van der Waals surface area contributed by atoms with Crippen LogP contribution in [0.25, 0.3) is 5.52 Å². The molecule has 0 radical (unpaired) electrons. The Bertz CT molecular complexity index is 911. The zero-order chi connectivity index (χ0) is 20.2. The molecule has 1 unspecified atom stereocenters. The zero-order valence-corrected chi connectivity index (χ0v) is 17.0. The maximum absolute atomic E-state index is 12.7. The second kappa shape index (κ2) is 8.80. The van der Waals surface area contributed by atoms with Gasteiger partial charge >= 0.3 is 0 Å². The number of allylic oxidation sites excluding steroid dienone is 1. The number of hydrogen-bond donors (Lipinski definition) is 1. The van der Waals surface area contributed by atoms with E-state index in [-0.39, 0.29) is 11.8 Å². The predicted molar refractivity (Wildman–Crippen MR) is 113 cm³/mol. The fraction of sp³-hybridized carbons (Fsp3) is 0.522. The number of rotatable bonds is 6. The molecule has 1 atom stereocenters. The van der Waals surface area contributed by atoms with E-state index in [1.807, 2.05) is 4.90 Å². The summed E-state index contributed by atoms with van der Waals surface area (Å²) in [5.74, 6) is 0.556. The molecule has 6 heteroatoms. The first-order valence-corrected chi connectivity index (χ1v) is 10.8. The number of nitrogens with one attached hydrogen (secondary N) is 1. The smallest absolute Gasteiger partial charge is 0.274 e. The van der Waals surface area contributed by atoms with Gasteiger partial charge in [0.2, 0.25) is 0 Å². The zero-order valence-electron chi connectivity index (χ0n) is 17.0. The van der Waals surface area contributed by atoms with Crippen LogP contribution in [0, 0.1) is 5.92 Å². The van der Waals surface area contributed by atoms with Gasteiger partial charge in [0.05, 0.1) is 11.1 Å². The number of fused-ring (bicyclic) bond motifs is 1. The Morgan fingerprint density at radius 3 is 2.86 bits per heavy atom. The highest BCUT2D eigenvalue weighted by molar-refractivity contribution is 6.02. The highest BCUT2D eigenvalue weighted by Crippen LogP contribution is 2.30. The molecule has 2 amide bonds. The molecule has 29 heavy (non-hydrogen) atoms. The summed E-state index contributed by atoms with van der Waals surface area (Å²) in [6, 6.07) is 5.33. The van der Waals surface area contributed by atoms with Crippen LogP contribution in [0.4, 0.5) is 0 Å². The van der Waals surface area contributed by atoms with E-state index in [4.69, 9.17) is 0 Å². The van der Waals surface area contributed by atoms with Crippen LogP contribution in [-0.2, 0) is 0 Å². The van der Waals surface area contributed by atoms with Crippen LogP contribution in [0.15, 0.2) is 36.5 Å². The number of hydrogen-bond acceptors (Lipinski definition) is 3. The van der Waals surface area contributed by atoms with E-state index in [2.05, 4.69) is 17.0 Å². The van der Waals surface area contributed by atoms with Crippen molar-refractivity contribution >= 4 is 17.3 Å². The van der Waals surface area contributed by atoms with Crippen molar-refractivity contribution in [2.24, 2.45) is 5.92 Å². The van der Waals surface area contributed by atoms with E-state index in [1.54, 1.807) is 28.9 Å².